The summed E-state index contributed by atoms with van der Waals surface area (Å²) in [5.41, 5.74) is 2.91. The van der Waals surface area contributed by atoms with E-state index in [1.165, 1.54) is 41.3 Å². The number of amides is 8. The van der Waals surface area contributed by atoms with Crippen molar-refractivity contribution in [2.45, 2.75) is 57.0 Å². The molecule has 7 rings (SSSR count). The van der Waals surface area contributed by atoms with Gasteiger partial charge in [0.1, 0.15) is 17.5 Å². The number of nitrogens with zero attached hydrogens (tertiary/aromatic N) is 3. The summed E-state index contributed by atoms with van der Waals surface area (Å²) in [5, 5.41) is 25.1. The predicted molar refractivity (Wildman–Crippen MR) is 214 cm³/mol. The van der Waals surface area contributed by atoms with Gasteiger partial charge in [0.2, 0.25) is 11.8 Å². The van der Waals surface area contributed by atoms with Gasteiger partial charge in [-0.1, -0.05) is 23.4 Å². The molecule has 8 amide bonds. The van der Waals surface area contributed by atoms with Gasteiger partial charge in [-0.15, -0.1) is 0 Å². The first-order chi connectivity index (χ1) is 29.3. The first kappa shape index (κ1) is 41.8. The number of unbranched alkanes of at least 4 members (excludes halogenated alkanes) is 2. The zero-order valence-corrected chi connectivity index (χ0v) is 33.4. The molecule has 1 aliphatic carbocycles. The number of hydrogen-bond acceptors (Lipinski definition) is 12. The molecule has 1 fully saturated rings. The van der Waals surface area contributed by atoms with E-state index >= 15 is 0 Å². The van der Waals surface area contributed by atoms with Crippen molar-refractivity contribution in [1.29, 1.82) is 0 Å². The van der Waals surface area contributed by atoms with Crippen LogP contribution in [0.15, 0.2) is 65.2 Å². The van der Waals surface area contributed by atoms with E-state index < -0.39 is 48.1 Å². The number of carbonyl (C=O) groups is 8. The molecule has 0 bridgehead atoms. The number of aromatic hydroxyl groups is 1. The van der Waals surface area contributed by atoms with Gasteiger partial charge < -0.3 is 35.2 Å². The van der Waals surface area contributed by atoms with Gasteiger partial charge in [-0.25, -0.2) is 0 Å². The SMILES string of the molecule is CN(C)C(=O)c1ccc(-c2cc(C(=O)N[C@@H]3CCc4ccc(C(=O)NCCCCCNC(=O)COc5cccc6c5C(=O)N(C5CCC(=O)NC5=O)C6=O)cc43)no2)cc1O. The number of ether oxygens (including phenoxy) is 1. The third-order valence-electron chi connectivity index (χ3n) is 10.7. The molecule has 316 valence electrons. The number of imide groups is 2. The van der Waals surface area contributed by atoms with Crippen LogP contribution in [-0.4, -0.2) is 107 Å². The summed E-state index contributed by atoms with van der Waals surface area (Å²) >= 11 is 0. The average molecular weight is 834 g/mol. The van der Waals surface area contributed by atoms with Gasteiger partial charge in [-0.2, -0.15) is 0 Å². The van der Waals surface area contributed by atoms with Crippen molar-refractivity contribution in [3.63, 3.8) is 0 Å². The van der Waals surface area contributed by atoms with Crippen LogP contribution in [0.5, 0.6) is 11.5 Å². The fourth-order valence-electron chi connectivity index (χ4n) is 7.51. The van der Waals surface area contributed by atoms with Crippen LogP contribution in [0.2, 0.25) is 0 Å². The lowest BCUT2D eigenvalue weighted by molar-refractivity contribution is -0.136. The molecule has 1 unspecified atom stereocenters. The van der Waals surface area contributed by atoms with Crippen LogP contribution >= 0.6 is 0 Å². The lowest BCUT2D eigenvalue weighted by Crippen LogP contribution is -2.54. The Bertz CT molecular complexity index is 2460. The van der Waals surface area contributed by atoms with E-state index in [4.69, 9.17) is 9.26 Å². The monoisotopic (exact) mass is 833 g/mol. The first-order valence-corrected chi connectivity index (χ1v) is 19.8. The van der Waals surface area contributed by atoms with Crippen molar-refractivity contribution >= 4 is 47.3 Å². The van der Waals surface area contributed by atoms with Crippen molar-refractivity contribution in [3.05, 3.63) is 99.7 Å². The Balaban J connectivity index is 0.823. The lowest BCUT2D eigenvalue weighted by atomic mass is 10.0. The number of aromatic nitrogens is 1. The van der Waals surface area contributed by atoms with Crippen LogP contribution in [0.4, 0.5) is 0 Å². The molecule has 4 aromatic rings. The van der Waals surface area contributed by atoms with E-state index in [0.717, 1.165) is 16.0 Å². The number of benzene rings is 3. The molecule has 0 spiro atoms. The Morgan fingerprint density at radius 2 is 1.69 bits per heavy atom. The maximum absolute atomic E-state index is 13.2. The molecule has 0 saturated carbocycles. The Morgan fingerprint density at radius 3 is 2.44 bits per heavy atom. The lowest BCUT2D eigenvalue weighted by Gasteiger charge is -2.27. The second kappa shape index (κ2) is 17.9. The van der Waals surface area contributed by atoms with E-state index in [-0.39, 0.29) is 70.3 Å². The summed E-state index contributed by atoms with van der Waals surface area (Å²) in [7, 11) is 3.16. The minimum Gasteiger partial charge on any atom is -0.507 e. The molecular formula is C43H43N7O11. The van der Waals surface area contributed by atoms with Gasteiger partial charge in [-0.05, 0) is 86.1 Å². The largest absolute Gasteiger partial charge is 0.507 e. The zero-order valence-electron chi connectivity index (χ0n) is 33.4. The summed E-state index contributed by atoms with van der Waals surface area (Å²) < 4.78 is 11.0. The maximum Gasteiger partial charge on any atom is 0.273 e. The number of nitrogens with one attached hydrogen (secondary N) is 4. The summed E-state index contributed by atoms with van der Waals surface area (Å²) in [6.45, 7) is 0.325. The molecule has 2 aliphatic heterocycles. The zero-order chi connectivity index (χ0) is 43.4. The Kier molecular flexibility index (Phi) is 12.2. The normalized spacial score (nSPS) is 16.7. The van der Waals surface area contributed by atoms with Crippen molar-refractivity contribution in [2.24, 2.45) is 0 Å². The Labute approximate surface area is 348 Å². The molecule has 2 atom stereocenters. The highest BCUT2D eigenvalue weighted by Gasteiger charge is 2.46. The second-order valence-corrected chi connectivity index (χ2v) is 15.1. The summed E-state index contributed by atoms with van der Waals surface area (Å²) in [4.78, 5) is 103. The van der Waals surface area contributed by atoms with Gasteiger partial charge in [0.25, 0.3) is 35.4 Å². The van der Waals surface area contributed by atoms with Crippen LogP contribution in [0.25, 0.3) is 11.3 Å². The third kappa shape index (κ3) is 8.97. The van der Waals surface area contributed by atoms with Gasteiger partial charge in [0, 0.05) is 50.8 Å². The van der Waals surface area contributed by atoms with E-state index in [9.17, 15) is 43.5 Å². The van der Waals surface area contributed by atoms with E-state index in [0.29, 0.717) is 56.3 Å². The number of phenolic OH excluding ortho intramolecular Hbond substituents is 1. The molecule has 0 radical (unpaired) electrons. The number of aryl methyl sites for hydroxylation is 1. The van der Waals surface area contributed by atoms with Crippen molar-refractivity contribution in [2.75, 3.05) is 33.8 Å². The Morgan fingerprint density at radius 1 is 0.902 bits per heavy atom. The van der Waals surface area contributed by atoms with E-state index in [2.05, 4.69) is 26.4 Å². The van der Waals surface area contributed by atoms with Gasteiger partial charge in [0.15, 0.2) is 18.1 Å². The smallest absolute Gasteiger partial charge is 0.273 e. The third-order valence-corrected chi connectivity index (χ3v) is 10.7. The molecule has 1 aromatic heterocycles. The Hall–Kier alpha value is -7.37. The van der Waals surface area contributed by atoms with Gasteiger partial charge >= 0.3 is 0 Å². The summed E-state index contributed by atoms with van der Waals surface area (Å²) in [6, 6.07) is 14.2. The van der Waals surface area contributed by atoms with E-state index in [1.807, 2.05) is 6.07 Å². The fraction of sp³-hybridized carbons (Fsp3) is 0.326. The van der Waals surface area contributed by atoms with Crippen LogP contribution < -0.4 is 26.0 Å². The highest BCUT2D eigenvalue weighted by atomic mass is 16.5. The standard InChI is InChI=1S/C43H43N7O11/c1-49(2)41(57)26-13-11-24(20-32(26)51)34-21-30(48-61-34)39(55)46-29-14-12-23-9-10-25(19-28(23)29)38(54)45-18-5-3-4-17-44-36(53)22-60-33-8-6-7-27-37(33)43(59)50(42(27)58)31-15-16-35(52)47-40(31)56/h6-11,13,19-21,29,31,51H,3-5,12,14-18,22H2,1-2H3,(H,44,53)(H,45,54)(H,46,55)(H,47,52,56)/t29-,31?/m1/s1. The predicted octanol–water partition coefficient (Wildman–Crippen LogP) is 2.66. The van der Waals surface area contributed by atoms with Gasteiger partial charge in [0.05, 0.1) is 22.7 Å². The number of carbonyl (C=O) groups excluding carboxylic acids is 8. The topological polar surface area (TPSA) is 247 Å². The number of hydrogen-bond donors (Lipinski definition) is 5. The molecule has 3 aromatic carbocycles. The molecule has 1 saturated heterocycles. The van der Waals surface area contributed by atoms with Crippen molar-refractivity contribution in [3.8, 4) is 22.8 Å². The summed E-state index contributed by atoms with van der Waals surface area (Å²) in [5.74, 6) is -4.10. The molecule has 18 heteroatoms. The minimum atomic E-state index is -1.12. The number of rotatable bonds is 15. The molecule has 3 aliphatic rings. The highest BCUT2D eigenvalue weighted by molar-refractivity contribution is 6.24. The van der Waals surface area contributed by atoms with Crippen LogP contribution in [0.3, 0.4) is 0 Å². The van der Waals surface area contributed by atoms with Crippen molar-refractivity contribution < 1.29 is 52.7 Å². The quantitative estimate of drug-likeness (QED) is 0.0858. The van der Waals surface area contributed by atoms with Gasteiger partial charge in [-0.3, -0.25) is 48.6 Å². The minimum absolute atomic E-state index is 0.00545. The second-order valence-electron chi connectivity index (χ2n) is 15.1. The molecule has 5 N–H and O–H groups in total. The van der Waals surface area contributed by atoms with Crippen LogP contribution in [-0.2, 0) is 20.8 Å². The van der Waals surface area contributed by atoms with Crippen molar-refractivity contribution in [1.82, 2.24) is 36.2 Å². The maximum atomic E-state index is 13.2. The first-order valence-electron chi connectivity index (χ1n) is 19.8. The molecular weight excluding hydrogens is 791 g/mol. The number of phenols is 1. The molecule has 3 heterocycles. The molecule has 61 heavy (non-hydrogen) atoms. The van der Waals surface area contributed by atoms with Crippen LogP contribution in [0.1, 0.15) is 108 Å². The fourth-order valence-corrected chi connectivity index (χ4v) is 7.51. The number of fused-ring (bicyclic) bond motifs is 2. The number of piperidine rings is 1. The average Bonchev–Trinajstić information content (AvgIpc) is 3.96. The van der Waals surface area contributed by atoms with Crippen LogP contribution in [0, 0.1) is 0 Å². The van der Waals surface area contributed by atoms with E-state index in [1.54, 1.807) is 32.3 Å². The highest BCUT2D eigenvalue weighted by Crippen LogP contribution is 2.35. The summed E-state index contributed by atoms with van der Waals surface area (Å²) in [6.07, 6.45) is 3.33. The molecule has 18 nitrogen and oxygen atoms in total.